The Morgan fingerprint density at radius 2 is 1.62 bits per heavy atom. The zero-order chi connectivity index (χ0) is 15.1. The molecule has 0 bridgehead atoms. The zero-order valence-corrected chi connectivity index (χ0v) is 10.4. The fourth-order valence-corrected chi connectivity index (χ4v) is 2.07. The summed E-state index contributed by atoms with van der Waals surface area (Å²) in [5.41, 5.74) is -0.568. The summed E-state index contributed by atoms with van der Waals surface area (Å²) in [6.07, 6.45) is 0.851. The summed E-state index contributed by atoms with van der Waals surface area (Å²) in [6.45, 7) is 0. The number of carbonyl (C=O) groups is 3. The van der Waals surface area contributed by atoms with Gasteiger partial charge < -0.3 is 4.42 Å². The highest BCUT2D eigenvalue weighted by atomic mass is 19.2. The van der Waals surface area contributed by atoms with Crippen LogP contribution in [-0.4, -0.2) is 17.3 Å². The molecule has 0 N–H and O–H groups in total. The van der Waals surface area contributed by atoms with Gasteiger partial charge in [-0.3, -0.25) is 14.4 Å². The second-order valence-electron chi connectivity index (χ2n) is 4.33. The predicted octanol–water partition coefficient (Wildman–Crippen LogP) is 2.88. The van der Waals surface area contributed by atoms with Crippen LogP contribution in [0.3, 0.4) is 0 Å². The minimum Gasteiger partial charge on any atom is -0.460 e. The Morgan fingerprint density at radius 1 is 0.952 bits per heavy atom. The minimum atomic E-state index is -1.81. The second-order valence-corrected chi connectivity index (χ2v) is 4.33. The van der Waals surface area contributed by atoms with Gasteiger partial charge >= 0.3 is 0 Å². The molecule has 3 rings (SSSR count). The molecule has 0 aliphatic heterocycles. The van der Waals surface area contributed by atoms with Crippen molar-refractivity contribution in [3.05, 3.63) is 64.9 Å². The maximum absolute atomic E-state index is 13.6. The summed E-state index contributed by atoms with van der Waals surface area (Å²) in [7, 11) is 0. The Morgan fingerprint density at radius 3 is 2.29 bits per heavy atom. The maximum Gasteiger partial charge on any atom is 0.265 e. The number of allylic oxidation sites excluding steroid dienone is 1. The van der Waals surface area contributed by atoms with Crippen molar-refractivity contribution in [2.45, 2.75) is 0 Å². The van der Waals surface area contributed by atoms with Gasteiger partial charge in [-0.2, -0.15) is 8.78 Å². The molecule has 1 aliphatic rings. The first-order valence-corrected chi connectivity index (χ1v) is 5.88. The number of fused-ring (bicyclic) bond motifs is 1. The van der Waals surface area contributed by atoms with Gasteiger partial charge in [-0.1, -0.05) is 30.3 Å². The highest BCUT2D eigenvalue weighted by Crippen LogP contribution is 2.35. The number of Topliss-reactive ketones (excluding diaryl/α,β-unsaturated/α-hetero) is 2. The summed E-state index contributed by atoms with van der Waals surface area (Å²) < 4.78 is 31.6. The van der Waals surface area contributed by atoms with Crippen molar-refractivity contribution in [1.82, 2.24) is 0 Å². The van der Waals surface area contributed by atoms with Gasteiger partial charge in [-0.15, -0.1) is 0 Å². The molecule has 1 aromatic heterocycles. The number of rotatable bonds is 2. The SMILES string of the molecule is O=C1C(=O)c2c(C(=O)c3ccccc3)coc2C(F)=C1F. The topological polar surface area (TPSA) is 64.3 Å². The van der Waals surface area contributed by atoms with Gasteiger partial charge in [-0.05, 0) is 0 Å². The Kier molecular flexibility index (Phi) is 2.86. The largest absolute Gasteiger partial charge is 0.460 e. The van der Waals surface area contributed by atoms with Crippen molar-refractivity contribution in [2.24, 2.45) is 0 Å². The number of benzene rings is 1. The third-order valence-corrected chi connectivity index (χ3v) is 3.10. The first kappa shape index (κ1) is 13.1. The van der Waals surface area contributed by atoms with Crippen LogP contribution in [0.25, 0.3) is 5.83 Å². The Bertz CT molecular complexity index is 815. The molecule has 1 heterocycles. The van der Waals surface area contributed by atoms with Crippen molar-refractivity contribution in [1.29, 1.82) is 0 Å². The van der Waals surface area contributed by atoms with Gasteiger partial charge in [0.1, 0.15) is 6.26 Å². The molecular formula is C15H6F2O4. The van der Waals surface area contributed by atoms with Gasteiger partial charge in [0.15, 0.2) is 11.5 Å². The molecule has 0 spiro atoms. The summed E-state index contributed by atoms with van der Waals surface area (Å²) in [6, 6.07) is 7.88. The molecule has 4 nitrogen and oxygen atoms in total. The van der Waals surface area contributed by atoms with Crippen LogP contribution in [0, 0.1) is 0 Å². The van der Waals surface area contributed by atoms with Crippen LogP contribution < -0.4 is 0 Å². The molecule has 0 saturated carbocycles. The van der Waals surface area contributed by atoms with Gasteiger partial charge in [-0.25, -0.2) is 0 Å². The van der Waals surface area contributed by atoms with Crippen molar-refractivity contribution in [3.63, 3.8) is 0 Å². The van der Waals surface area contributed by atoms with Gasteiger partial charge in [0, 0.05) is 5.56 Å². The normalized spacial score (nSPS) is 14.4. The number of carbonyl (C=O) groups excluding carboxylic acids is 3. The zero-order valence-electron chi connectivity index (χ0n) is 10.4. The van der Waals surface area contributed by atoms with E-state index < -0.39 is 40.3 Å². The van der Waals surface area contributed by atoms with Crippen LogP contribution in [-0.2, 0) is 4.79 Å². The highest BCUT2D eigenvalue weighted by Gasteiger charge is 2.40. The Balaban J connectivity index is 2.18. The molecule has 1 aromatic carbocycles. The monoisotopic (exact) mass is 288 g/mol. The average Bonchev–Trinajstić information content (AvgIpc) is 2.96. The van der Waals surface area contributed by atoms with E-state index in [4.69, 9.17) is 4.42 Å². The second kappa shape index (κ2) is 4.59. The van der Waals surface area contributed by atoms with Crippen LogP contribution in [0.15, 0.2) is 46.8 Å². The molecular weight excluding hydrogens is 282 g/mol. The number of hydrogen-bond acceptors (Lipinski definition) is 4. The Labute approximate surface area is 116 Å². The van der Waals surface area contributed by atoms with E-state index in [1.165, 1.54) is 12.1 Å². The summed E-state index contributed by atoms with van der Waals surface area (Å²) >= 11 is 0. The minimum absolute atomic E-state index is 0.233. The molecule has 2 aromatic rings. The first-order valence-electron chi connectivity index (χ1n) is 5.88. The smallest absolute Gasteiger partial charge is 0.265 e. The van der Waals surface area contributed by atoms with E-state index in [1.807, 2.05) is 0 Å². The molecule has 1 aliphatic carbocycles. The lowest BCUT2D eigenvalue weighted by atomic mass is 9.93. The van der Waals surface area contributed by atoms with Crippen molar-refractivity contribution in [3.8, 4) is 0 Å². The van der Waals surface area contributed by atoms with Crippen LogP contribution in [0.5, 0.6) is 0 Å². The third-order valence-electron chi connectivity index (χ3n) is 3.10. The van der Waals surface area contributed by atoms with E-state index in [1.54, 1.807) is 18.2 Å². The molecule has 0 saturated heterocycles. The van der Waals surface area contributed by atoms with E-state index in [-0.39, 0.29) is 11.1 Å². The Hall–Kier alpha value is -2.89. The number of ketones is 3. The molecule has 21 heavy (non-hydrogen) atoms. The van der Waals surface area contributed by atoms with Crippen molar-refractivity contribution >= 4 is 23.2 Å². The van der Waals surface area contributed by atoms with Gasteiger partial charge in [0.2, 0.25) is 17.4 Å². The van der Waals surface area contributed by atoms with E-state index >= 15 is 0 Å². The van der Waals surface area contributed by atoms with E-state index in [2.05, 4.69) is 0 Å². The highest BCUT2D eigenvalue weighted by molar-refractivity contribution is 6.52. The molecule has 0 atom stereocenters. The molecule has 0 radical (unpaired) electrons. The van der Waals surface area contributed by atoms with E-state index in [9.17, 15) is 23.2 Å². The lowest BCUT2D eigenvalue weighted by Crippen LogP contribution is -2.22. The molecule has 104 valence electrons. The van der Waals surface area contributed by atoms with Gasteiger partial charge in [0.25, 0.3) is 5.78 Å². The van der Waals surface area contributed by atoms with Crippen molar-refractivity contribution in [2.75, 3.05) is 0 Å². The fraction of sp³-hybridized carbons (Fsp3) is 0. The summed E-state index contributed by atoms with van der Waals surface area (Å²) in [5, 5.41) is 0. The molecule has 0 fully saturated rings. The fourth-order valence-electron chi connectivity index (χ4n) is 2.07. The van der Waals surface area contributed by atoms with E-state index in [0.717, 1.165) is 6.26 Å². The quantitative estimate of drug-likeness (QED) is 0.629. The standard InChI is InChI=1S/C15H6F2O4/c16-10-11(17)15-9(13(19)14(10)20)8(6-21-15)12(18)7-4-2-1-3-5-7/h1-6H. The molecule has 0 unspecified atom stereocenters. The summed E-state index contributed by atoms with van der Waals surface area (Å²) in [4.78, 5) is 35.4. The van der Waals surface area contributed by atoms with Crippen LogP contribution in [0.1, 0.15) is 32.0 Å². The van der Waals surface area contributed by atoms with E-state index in [0.29, 0.717) is 0 Å². The average molecular weight is 288 g/mol. The lowest BCUT2D eigenvalue weighted by molar-refractivity contribution is -0.113. The lowest BCUT2D eigenvalue weighted by Gasteiger charge is -2.07. The van der Waals surface area contributed by atoms with Gasteiger partial charge in [0.05, 0.1) is 11.1 Å². The number of furan rings is 1. The van der Waals surface area contributed by atoms with Crippen LogP contribution in [0.4, 0.5) is 8.78 Å². The number of halogens is 2. The predicted molar refractivity (Wildman–Crippen MR) is 67.1 cm³/mol. The molecule has 0 amide bonds. The first-order chi connectivity index (χ1) is 10.0. The van der Waals surface area contributed by atoms with Crippen LogP contribution in [0.2, 0.25) is 0 Å². The van der Waals surface area contributed by atoms with Crippen LogP contribution >= 0.6 is 0 Å². The maximum atomic E-state index is 13.6. The summed E-state index contributed by atoms with van der Waals surface area (Å²) in [5.74, 6) is -7.63. The van der Waals surface area contributed by atoms with Crippen molar-refractivity contribution < 1.29 is 27.6 Å². The number of hydrogen-bond donors (Lipinski definition) is 0. The molecule has 6 heteroatoms. The third kappa shape index (κ3) is 1.84.